The van der Waals surface area contributed by atoms with E-state index >= 15 is 0 Å². The lowest BCUT2D eigenvalue weighted by Gasteiger charge is -2.31. The van der Waals surface area contributed by atoms with Crippen LogP contribution in [0.25, 0.3) is 0 Å². The molecule has 0 fully saturated rings. The fourth-order valence-electron chi connectivity index (χ4n) is 3.18. The largest absolute Gasteiger partial charge is 0.493 e. The Kier molecular flexibility index (Phi) is 2.81. The third kappa shape index (κ3) is 1.69. The van der Waals surface area contributed by atoms with Gasteiger partial charge in [-0.05, 0) is 24.3 Å². The molecule has 2 aliphatic heterocycles. The van der Waals surface area contributed by atoms with Crippen molar-refractivity contribution in [2.75, 3.05) is 24.4 Å². The van der Waals surface area contributed by atoms with Gasteiger partial charge in [0, 0.05) is 5.56 Å². The van der Waals surface area contributed by atoms with E-state index in [0.29, 0.717) is 17.0 Å². The molecule has 1 unspecified atom stereocenters. The number of hydrogen-bond acceptors (Lipinski definition) is 5. The number of hydrogen-bond donors (Lipinski definition) is 1. The van der Waals surface area contributed by atoms with Crippen LogP contribution < -0.4 is 19.7 Å². The summed E-state index contributed by atoms with van der Waals surface area (Å²) in [6.45, 7) is 0. The van der Waals surface area contributed by atoms with Gasteiger partial charge in [0.2, 0.25) is 5.78 Å². The molecular weight excluding hydrogens is 296 g/mol. The van der Waals surface area contributed by atoms with Gasteiger partial charge < -0.3 is 14.8 Å². The first kappa shape index (κ1) is 13.6. The number of amides is 1. The van der Waals surface area contributed by atoms with Crippen molar-refractivity contribution in [2.45, 2.75) is 6.17 Å². The number of nitrogens with one attached hydrogen (secondary N) is 1. The van der Waals surface area contributed by atoms with Gasteiger partial charge in [0.15, 0.2) is 17.7 Å². The zero-order valence-corrected chi connectivity index (χ0v) is 12.6. The number of rotatable bonds is 2. The zero-order chi connectivity index (χ0) is 16.1. The highest BCUT2D eigenvalue weighted by atomic mass is 16.5. The third-order valence-electron chi connectivity index (χ3n) is 4.21. The summed E-state index contributed by atoms with van der Waals surface area (Å²) in [5.41, 5.74) is 2.03. The molecule has 0 saturated carbocycles. The number of nitrogens with zero attached hydrogens (tertiary/aromatic N) is 1. The molecule has 2 aromatic rings. The second-order valence-corrected chi connectivity index (χ2v) is 5.33. The molecule has 2 heterocycles. The van der Waals surface area contributed by atoms with Crippen LogP contribution >= 0.6 is 0 Å². The monoisotopic (exact) mass is 310 g/mol. The predicted molar refractivity (Wildman–Crippen MR) is 84.5 cm³/mol. The Bertz CT molecular complexity index is 846. The summed E-state index contributed by atoms with van der Waals surface area (Å²) in [7, 11) is 2.95. The predicted octanol–water partition coefficient (Wildman–Crippen LogP) is 2.30. The van der Waals surface area contributed by atoms with Crippen LogP contribution in [0.15, 0.2) is 36.4 Å². The van der Waals surface area contributed by atoms with Crippen molar-refractivity contribution in [1.29, 1.82) is 0 Å². The molecule has 23 heavy (non-hydrogen) atoms. The standard InChI is InChI=1S/C17H14N2O4/c1-22-12-8-7-9-13(15(12)23-2)17(21)19-11-6-4-3-5-10(11)18-16(19)14(9)20/h3-8,16,18H,1-2H3. The van der Waals surface area contributed by atoms with Crippen molar-refractivity contribution in [1.82, 2.24) is 0 Å². The number of carbonyl (C=O) groups is 2. The van der Waals surface area contributed by atoms with Crippen molar-refractivity contribution in [3.8, 4) is 11.5 Å². The summed E-state index contributed by atoms with van der Waals surface area (Å²) in [6, 6.07) is 10.6. The Balaban J connectivity index is 1.95. The maximum absolute atomic E-state index is 13.1. The molecule has 1 amide bonds. The molecule has 0 aromatic heterocycles. The molecule has 2 aromatic carbocycles. The van der Waals surface area contributed by atoms with Crippen LogP contribution in [0.4, 0.5) is 11.4 Å². The van der Waals surface area contributed by atoms with Gasteiger partial charge in [-0.2, -0.15) is 0 Å². The summed E-state index contributed by atoms with van der Waals surface area (Å²) in [5.74, 6) is 0.257. The highest BCUT2D eigenvalue weighted by molar-refractivity contribution is 6.26. The fourth-order valence-corrected chi connectivity index (χ4v) is 3.18. The first-order chi connectivity index (χ1) is 11.2. The van der Waals surface area contributed by atoms with E-state index in [1.165, 1.54) is 19.1 Å². The number of anilines is 2. The van der Waals surface area contributed by atoms with Gasteiger partial charge in [-0.3, -0.25) is 14.5 Å². The number of methoxy groups -OCH3 is 2. The van der Waals surface area contributed by atoms with Crippen LogP contribution in [0.3, 0.4) is 0 Å². The van der Waals surface area contributed by atoms with E-state index in [0.717, 1.165) is 5.69 Å². The number of ether oxygens (including phenoxy) is 2. The molecule has 0 spiro atoms. The highest BCUT2D eigenvalue weighted by Crippen LogP contribution is 2.43. The number of para-hydroxylation sites is 2. The second-order valence-electron chi connectivity index (χ2n) is 5.33. The van der Waals surface area contributed by atoms with E-state index < -0.39 is 6.17 Å². The minimum Gasteiger partial charge on any atom is -0.493 e. The van der Waals surface area contributed by atoms with Crippen molar-refractivity contribution in [3.63, 3.8) is 0 Å². The number of Topliss-reactive ketones (excluding diaryl/α,β-unsaturated/α-hetero) is 1. The van der Waals surface area contributed by atoms with Crippen LogP contribution in [0.1, 0.15) is 20.7 Å². The molecule has 0 saturated heterocycles. The summed E-state index contributed by atoms with van der Waals surface area (Å²) in [4.78, 5) is 27.4. The molecule has 6 nitrogen and oxygen atoms in total. The number of benzene rings is 2. The lowest BCUT2D eigenvalue weighted by Crippen LogP contribution is -2.50. The van der Waals surface area contributed by atoms with E-state index in [1.807, 2.05) is 24.3 Å². The third-order valence-corrected chi connectivity index (χ3v) is 4.21. The van der Waals surface area contributed by atoms with Crippen LogP contribution in [-0.2, 0) is 0 Å². The minimum atomic E-state index is -0.717. The summed E-state index contributed by atoms with van der Waals surface area (Å²) >= 11 is 0. The summed E-state index contributed by atoms with van der Waals surface area (Å²) in [5, 5.41) is 3.11. The fraction of sp³-hybridized carbons (Fsp3) is 0.176. The van der Waals surface area contributed by atoms with Crippen molar-refractivity contribution in [2.24, 2.45) is 0 Å². The molecule has 2 aliphatic rings. The van der Waals surface area contributed by atoms with Crippen LogP contribution in [0.5, 0.6) is 11.5 Å². The molecular formula is C17H14N2O4. The van der Waals surface area contributed by atoms with Crippen LogP contribution in [-0.4, -0.2) is 32.1 Å². The van der Waals surface area contributed by atoms with E-state index in [4.69, 9.17) is 9.47 Å². The van der Waals surface area contributed by atoms with Gasteiger partial charge in [0.1, 0.15) is 0 Å². The van der Waals surface area contributed by atoms with Gasteiger partial charge in [-0.15, -0.1) is 0 Å². The molecule has 1 atom stereocenters. The van der Waals surface area contributed by atoms with Gasteiger partial charge in [0.25, 0.3) is 5.91 Å². The average Bonchev–Trinajstić information content (AvgIpc) is 2.98. The van der Waals surface area contributed by atoms with Gasteiger partial charge >= 0.3 is 0 Å². The minimum absolute atomic E-state index is 0.170. The molecule has 1 N–H and O–H groups in total. The van der Waals surface area contributed by atoms with Crippen molar-refractivity contribution >= 4 is 23.1 Å². The molecule has 4 rings (SSSR count). The lowest BCUT2D eigenvalue weighted by atomic mass is 9.94. The maximum atomic E-state index is 13.1. The molecule has 0 radical (unpaired) electrons. The molecule has 116 valence electrons. The zero-order valence-electron chi connectivity index (χ0n) is 12.6. The van der Waals surface area contributed by atoms with Crippen molar-refractivity contribution in [3.05, 3.63) is 47.5 Å². The van der Waals surface area contributed by atoms with Gasteiger partial charge in [-0.25, -0.2) is 0 Å². The van der Waals surface area contributed by atoms with Gasteiger partial charge in [-0.1, -0.05) is 12.1 Å². The molecule has 0 bridgehead atoms. The topological polar surface area (TPSA) is 67.9 Å². The van der Waals surface area contributed by atoms with Crippen LogP contribution in [0.2, 0.25) is 0 Å². The Morgan fingerprint density at radius 3 is 2.57 bits per heavy atom. The Hall–Kier alpha value is -3.02. The maximum Gasteiger partial charge on any atom is 0.265 e. The first-order valence-corrected chi connectivity index (χ1v) is 7.15. The Morgan fingerprint density at radius 2 is 1.83 bits per heavy atom. The Labute approximate surface area is 132 Å². The average molecular weight is 310 g/mol. The Morgan fingerprint density at radius 1 is 1.04 bits per heavy atom. The number of ketones is 1. The SMILES string of the molecule is COc1ccc2c(c1OC)C(=O)N1c3ccccc3NC1C2=O. The van der Waals surface area contributed by atoms with E-state index in [1.54, 1.807) is 12.1 Å². The van der Waals surface area contributed by atoms with Crippen LogP contribution in [0, 0.1) is 0 Å². The molecule has 0 aliphatic carbocycles. The quantitative estimate of drug-likeness (QED) is 0.922. The normalized spacial score (nSPS) is 18.0. The van der Waals surface area contributed by atoms with E-state index in [-0.39, 0.29) is 23.0 Å². The van der Waals surface area contributed by atoms with E-state index in [2.05, 4.69) is 5.32 Å². The number of carbonyl (C=O) groups excluding carboxylic acids is 2. The highest BCUT2D eigenvalue weighted by Gasteiger charge is 2.46. The number of fused-ring (bicyclic) bond motifs is 4. The lowest BCUT2D eigenvalue weighted by molar-refractivity contribution is 0.0880. The van der Waals surface area contributed by atoms with Crippen molar-refractivity contribution < 1.29 is 19.1 Å². The molecule has 6 heteroatoms. The first-order valence-electron chi connectivity index (χ1n) is 7.15. The smallest absolute Gasteiger partial charge is 0.265 e. The van der Waals surface area contributed by atoms with Gasteiger partial charge in [0.05, 0.1) is 31.2 Å². The summed E-state index contributed by atoms with van der Waals surface area (Å²) < 4.78 is 10.6. The second kappa shape index (κ2) is 4.74. The summed E-state index contributed by atoms with van der Waals surface area (Å²) in [6.07, 6.45) is -0.717. The van der Waals surface area contributed by atoms with E-state index in [9.17, 15) is 9.59 Å².